The number of nitrogens with zero attached hydrogens (tertiary/aromatic N) is 2. The lowest BCUT2D eigenvalue weighted by molar-refractivity contribution is 0.473. The third-order valence-electron chi connectivity index (χ3n) is 3.62. The van der Waals surface area contributed by atoms with E-state index in [0.29, 0.717) is 25.0 Å². The first-order valence-corrected chi connectivity index (χ1v) is 8.03. The van der Waals surface area contributed by atoms with E-state index in [0.717, 1.165) is 10.9 Å². The Morgan fingerprint density at radius 3 is 2.81 bits per heavy atom. The predicted octanol–water partition coefficient (Wildman–Crippen LogP) is 1.69. The summed E-state index contributed by atoms with van der Waals surface area (Å²) >= 11 is 0. The van der Waals surface area contributed by atoms with Gasteiger partial charge in [0, 0.05) is 30.7 Å². The summed E-state index contributed by atoms with van der Waals surface area (Å²) in [5.41, 5.74) is 7.35. The van der Waals surface area contributed by atoms with Crippen molar-refractivity contribution in [2.75, 3.05) is 13.1 Å². The van der Waals surface area contributed by atoms with Crippen molar-refractivity contribution >= 4 is 33.3 Å². The molecule has 1 fully saturated rings. The van der Waals surface area contributed by atoms with Crippen molar-refractivity contribution in [2.24, 2.45) is 5.73 Å². The van der Waals surface area contributed by atoms with Crippen LogP contribution in [0.5, 0.6) is 0 Å². The molecule has 21 heavy (non-hydrogen) atoms. The van der Waals surface area contributed by atoms with Crippen LogP contribution in [0.1, 0.15) is 12.0 Å². The van der Waals surface area contributed by atoms with E-state index in [4.69, 9.17) is 5.73 Å². The zero-order valence-electron chi connectivity index (χ0n) is 11.7. The average Bonchev–Trinajstić information content (AvgIpc) is 2.85. The van der Waals surface area contributed by atoms with Crippen molar-refractivity contribution < 1.29 is 8.42 Å². The molecule has 1 aromatic carbocycles. The van der Waals surface area contributed by atoms with Crippen LogP contribution in [-0.2, 0) is 10.0 Å². The first kappa shape index (κ1) is 16.2. The van der Waals surface area contributed by atoms with Gasteiger partial charge in [0.2, 0.25) is 10.0 Å². The van der Waals surface area contributed by atoms with Gasteiger partial charge >= 0.3 is 0 Å². The molecule has 7 heteroatoms. The van der Waals surface area contributed by atoms with Gasteiger partial charge in [-0.25, -0.2) is 8.42 Å². The van der Waals surface area contributed by atoms with Gasteiger partial charge in [0.1, 0.15) is 4.90 Å². The number of fused-ring (bicyclic) bond motifs is 1. The highest BCUT2D eigenvalue weighted by molar-refractivity contribution is 7.89. The van der Waals surface area contributed by atoms with Gasteiger partial charge in [0.15, 0.2) is 0 Å². The van der Waals surface area contributed by atoms with E-state index >= 15 is 0 Å². The number of aromatic nitrogens is 1. The van der Waals surface area contributed by atoms with Gasteiger partial charge in [-0.05, 0) is 31.0 Å². The van der Waals surface area contributed by atoms with Crippen molar-refractivity contribution in [3.05, 3.63) is 36.0 Å². The fourth-order valence-electron chi connectivity index (χ4n) is 2.56. The fraction of sp³-hybridized carbons (Fsp3) is 0.357. The number of hydrogen-bond acceptors (Lipinski definition) is 4. The lowest BCUT2D eigenvalue weighted by Crippen LogP contribution is -2.32. The molecule has 0 saturated carbocycles. The Bertz CT molecular complexity index is 764. The molecule has 1 saturated heterocycles. The van der Waals surface area contributed by atoms with Crippen molar-refractivity contribution in [3.63, 3.8) is 0 Å². The number of para-hydroxylation sites is 1. The van der Waals surface area contributed by atoms with Crippen LogP contribution in [0, 0.1) is 6.92 Å². The van der Waals surface area contributed by atoms with Gasteiger partial charge < -0.3 is 5.73 Å². The first-order valence-electron chi connectivity index (χ1n) is 6.59. The van der Waals surface area contributed by atoms with Gasteiger partial charge in [0.25, 0.3) is 0 Å². The second-order valence-electron chi connectivity index (χ2n) is 5.25. The molecule has 1 aliphatic heterocycles. The smallest absolute Gasteiger partial charge is 0.245 e. The monoisotopic (exact) mass is 327 g/mol. The standard InChI is InChI=1S/C14H17N3O2S.ClH/c1-10-7-11-3-2-4-13(14(11)16-8-10)20(18,19)17-6-5-12(15)9-17;/h2-4,7-8,12H,5-6,9,15H2,1H3;1H. The maximum absolute atomic E-state index is 12.7. The molecule has 2 aromatic rings. The molecule has 1 unspecified atom stereocenters. The van der Waals surface area contributed by atoms with E-state index in [-0.39, 0.29) is 23.3 Å². The number of sulfonamides is 1. The molecule has 3 rings (SSSR count). The molecule has 0 bridgehead atoms. The largest absolute Gasteiger partial charge is 0.326 e. The SMILES string of the molecule is Cc1cnc2c(S(=O)(=O)N3CCC(N)C3)cccc2c1.Cl. The Labute approximate surface area is 130 Å². The number of hydrogen-bond donors (Lipinski definition) is 1. The van der Waals surface area contributed by atoms with Crippen LogP contribution in [-0.4, -0.2) is 36.8 Å². The molecule has 0 radical (unpaired) electrons. The highest BCUT2D eigenvalue weighted by Crippen LogP contribution is 2.26. The highest BCUT2D eigenvalue weighted by atomic mass is 35.5. The number of pyridine rings is 1. The van der Waals surface area contributed by atoms with Gasteiger partial charge in [0.05, 0.1) is 5.52 Å². The summed E-state index contributed by atoms with van der Waals surface area (Å²) in [4.78, 5) is 4.57. The summed E-state index contributed by atoms with van der Waals surface area (Å²) in [5, 5.41) is 0.842. The number of benzene rings is 1. The molecule has 1 atom stereocenters. The van der Waals surface area contributed by atoms with Crippen molar-refractivity contribution in [3.8, 4) is 0 Å². The van der Waals surface area contributed by atoms with Crippen LogP contribution in [0.3, 0.4) is 0 Å². The molecule has 2 heterocycles. The third kappa shape index (κ3) is 2.89. The van der Waals surface area contributed by atoms with E-state index in [1.54, 1.807) is 18.3 Å². The number of rotatable bonds is 2. The summed E-state index contributed by atoms with van der Waals surface area (Å²) in [5.74, 6) is 0. The van der Waals surface area contributed by atoms with Gasteiger partial charge in [-0.2, -0.15) is 4.31 Å². The molecule has 0 aliphatic carbocycles. The Morgan fingerprint density at radius 1 is 1.38 bits per heavy atom. The van der Waals surface area contributed by atoms with Crippen molar-refractivity contribution in [1.29, 1.82) is 0 Å². The third-order valence-corrected chi connectivity index (χ3v) is 5.51. The van der Waals surface area contributed by atoms with Gasteiger partial charge in [-0.15, -0.1) is 12.4 Å². The molecule has 2 N–H and O–H groups in total. The molecule has 5 nitrogen and oxygen atoms in total. The second-order valence-corrected chi connectivity index (χ2v) is 7.16. The number of nitrogens with two attached hydrogens (primary N) is 1. The summed E-state index contributed by atoms with van der Waals surface area (Å²) < 4.78 is 26.9. The van der Waals surface area contributed by atoms with E-state index in [1.165, 1.54) is 4.31 Å². The fourth-order valence-corrected chi connectivity index (χ4v) is 4.24. The Morgan fingerprint density at radius 2 is 2.14 bits per heavy atom. The highest BCUT2D eigenvalue weighted by Gasteiger charge is 2.32. The lowest BCUT2D eigenvalue weighted by atomic mass is 10.2. The lowest BCUT2D eigenvalue weighted by Gasteiger charge is -2.17. The summed E-state index contributed by atoms with van der Waals surface area (Å²) in [6.45, 7) is 2.80. The van der Waals surface area contributed by atoms with Crippen molar-refractivity contribution in [2.45, 2.75) is 24.3 Å². The van der Waals surface area contributed by atoms with E-state index in [1.807, 2.05) is 19.1 Å². The molecule has 1 aromatic heterocycles. The van der Waals surface area contributed by atoms with Crippen LogP contribution >= 0.6 is 12.4 Å². The zero-order chi connectivity index (χ0) is 14.3. The quantitative estimate of drug-likeness (QED) is 0.910. The minimum atomic E-state index is -3.52. The van der Waals surface area contributed by atoms with Crippen molar-refractivity contribution in [1.82, 2.24) is 9.29 Å². The van der Waals surface area contributed by atoms with E-state index in [2.05, 4.69) is 4.98 Å². The Kier molecular flexibility index (Phi) is 4.53. The van der Waals surface area contributed by atoms with E-state index in [9.17, 15) is 8.42 Å². The summed E-state index contributed by atoms with van der Waals surface area (Å²) in [6, 6.07) is 7.12. The maximum Gasteiger partial charge on any atom is 0.245 e. The normalized spacial score (nSPS) is 19.6. The van der Waals surface area contributed by atoms with Gasteiger partial charge in [-0.1, -0.05) is 12.1 Å². The van der Waals surface area contributed by atoms with Gasteiger partial charge in [-0.3, -0.25) is 4.98 Å². The predicted molar refractivity (Wildman–Crippen MR) is 85.1 cm³/mol. The number of aryl methyl sites for hydroxylation is 1. The Hall–Kier alpha value is -1.21. The minimum Gasteiger partial charge on any atom is -0.326 e. The van der Waals surface area contributed by atoms with Crippen LogP contribution in [0.4, 0.5) is 0 Å². The average molecular weight is 328 g/mol. The summed E-state index contributed by atoms with van der Waals surface area (Å²) in [7, 11) is -3.52. The second kappa shape index (κ2) is 5.88. The minimum absolute atomic E-state index is 0. The van der Waals surface area contributed by atoms with Crippen LogP contribution in [0.2, 0.25) is 0 Å². The molecule has 0 amide bonds. The van der Waals surface area contributed by atoms with Crippen LogP contribution in [0.25, 0.3) is 10.9 Å². The van der Waals surface area contributed by atoms with Crippen LogP contribution < -0.4 is 5.73 Å². The molecule has 0 spiro atoms. The Balaban J connectivity index is 0.00000161. The zero-order valence-corrected chi connectivity index (χ0v) is 13.3. The molecular formula is C14H18ClN3O2S. The molecular weight excluding hydrogens is 310 g/mol. The number of halogens is 1. The first-order chi connectivity index (χ1) is 9.48. The van der Waals surface area contributed by atoms with Crippen LogP contribution in [0.15, 0.2) is 35.4 Å². The van der Waals surface area contributed by atoms with E-state index < -0.39 is 10.0 Å². The maximum atomic E-state index is 12.7. The molecule has 1 aliphatic rings. The topological polar surface area (TPSA) is 76.3 Å². The summed E-state index contributed by atoms with van der Waals surface area (Å²) in [6.07, 6.45) is 2.40. The molecule has 114 valence electrons.